The number of anilines is 2. The van der Waals surface area contributed by atoms with Gasteiger partial charge in [-0.15, -0.1) is 0 Å². The Balaban J connectivity index is 1.01. The molecule has 1 saturated heterocycles. The van der Waals surface area contributed by atoms with Gasteiger partial charge in [0.1, 0.15) is 5.82 Å². The van der Waals surface area contributed by atoms with Crippen LogP contribution >= 0.6 is 11.8 Å². The van der Waals surface area contributed by atoms with Crippen LogP contribution in [-0.4, -0.2) is 56.0 Å². The summed E-state index contributed by atoms with van der Waals surface area (Å²) in [6, 6.07) is 30.5. The third-order valence-electron chi connectivity index (χ3n) is 8.23. The molecule has 2 amide bonds. The number of rotatable bonds is 9. The minimum Gasteiger partial charge on any atom is -0.367 e. The lowest BCUT2D eigenvalue weighted by Gasteiger charge is -2.36. The lowest BCUT2D eigenvalue weighted by atomic mass is 10.1. The van der Waals surface area contributed by atoms with E-state index < -0.39 is 0 Å². The fourth-order valence-corrected chi connectivity index (χ4v) is 6.88. The maximum absolute atomic E-state index is 14.1. The van der Waals surface area contributed by atoms with Crippen LogP contribution in [0.25, 0.3) is 6.08 Å². The van der Waals surface area contributed by atoms with Crippen LogP contribution < -0.4 is 15.1 Å². The molecule has 0 aliphatic carbocycles. The minimum atomic E-state index is -0.175. The normalized spacial score (nSPS) is 16.1. The first-order valence-electron chi connectivity index (χ1n) is 15.4. The van der Waals surface area contributed by atoms with Crippen LogP contribution in [0.3, 0.4) is 0 Å². The van der Waals surface area contributed by atoms with Crippen LogP contribution in [-0.2, 0) is 11.3 Å². The Morgan fingerprint density at radius 3 is 2.38 bits per heavy atom. The number of carbonyl (C=O) groups is 2. The molecule has 0 saturated carbocycles. The second-order valence-electron chi connectivity index (χ2n) is 11.5. The molecule has 6 nitrogen and oxygen atoms in total. The van der Waals surface area contributed by atoms with Gasteiger partial charge in [-0.2, -0.15) is 0 Å². The molecular weight excluding hydrogens is 583 g/mol. The Bertz CT molecular complexity index is 1700. The average molecular weight is 621 g/mol. The van der Waals surface area contributed by atoms with E-state index in [4.69, 9.17) is 0 Å². The fourth-order valence-electron chi connectivity index (χ4n) is 5.82. The predicted octanol–water partition coefficient (Wildman–Crippen LogP) is 6.76. The Labute approximate surface area is 268 Å². The Morgan fingerprint density at radius 1 is 0.889 bits per heavy atom. The average Bonchev–Trinajstić information content (AvgIpc) is 3.06. The van der Waals surface area contributed by atoms with Crippen molar-refractivity contribution in [2.24, 2.45) is 0 Å². The van der Waals surface area contributed by atoms with E-state index in [1.54, 1.807) is 18.2 Å². The number of hydrogen-bond donors (Lipinski definition) is 1. The van der Waals surface area contributed by atoms with Crippen molar-refractivity contribution in [3.05, 3.63) is 130 Å². The van der Waals surface area contributed by atoms with Crippen molar-refractivity contribution in [2.75, 3.05) is 49.1 Å². The van der Waals surface area contributed by atoms with Gasteiger partial charge in [-0.3, -0.25) is 14.5 Å². The van der Waals surface area contributed by atoms with Gasteiger partial charge in [0.15, 0.2) is 0 Å². The summed E-state index contributed by atoms with van der Waals surface area (Å²) in [5.41, 5.74) is 5.29. The first-order valence-corrected chi connectivity index (χ1v) is 16.2. The Hall–Kier alpha value is -4.40. The number of thioether (sulfide) groups is 1. The highest BCUT2D eigenvalue weighted by Gasteiger charge is 2.29. The third-order valence-corrected chi connectivity index (χ3v) is 9.31. The smallest absolute Gasteiger partial charge is 0.265 e. The van der Waals surface area contributed by atoms with Gasteiger partial charge < -0.3 is 15.1 Å². The Morgan fingerprint density at radius 2 is 1.62 bits per heavy atom. The van der Waals surface area contributed by atoms with Gasteiger partial charge in [-0.25, -0.2) is 4.39 Å². The number of nitrogens with one attached hydrogen (secondary N) is 1. The molecule has 1 fully saturated rings. The van der Waals surface area contributed by atoms with Gasteiger partial charge in [0.25, 0.3) is 11.8 Å². The zero-order valence-electron chi connectivity index (χ0n) is 25.4. The Kier molecular flexibility index (Phi) is 9.62. The van der Waals surface area contributed by atoms with Gasteiger partial charge >= 0.3 is 0 Å². The summed E-state index contributed by atoms with van der Waals surface area (Å²) in [4.78, 5) is 34.5. The van der Waals surface area contributed by atoms with Gasteiger partial charge in [-0.1, -0.05) is 78.0 Å². The molecule has 2 aliphatic heterocycles. The van der Waals surface area contributed by atoms with Crippen LogP contribution in [0.4, 0.5) is 15.8 Å². The first-order chi connectivity index (χ1) is 21.9. The summed E-state index contributed by atoms with van der Waals surface area (Å²) in [6.45, 7) is 7.34. The molecule has 45 heavy (non-hydrogen) atoms. The summed E-state index contributed by atoms with van der Waals surface area (Å²) in [7, 11) is 0. The number of benzene rings is 4. The van der Waals surface area contributed by atoms with E-state index in [0.717, 1.165) is 66.4 Å². The minimum absolute atomic E-state index is 0.0318. The highest BCUT2D eigenvalue weighted by Crippen LogP contribution is 2.42. The van der Waals surface area contributed by atoms with Crippen molar-refractivity contribution in [1.29, 1.82) is 0 Å². The maximum Gasteiger partial charge on any atom is 0.265 e. The second-order valence-corrected chi connectivity index (χ2v) is 12.6. The first kappa shape index (κ1) is 30.6. The van der Waals surface area contributed by atoms with Crippen LogP contribution in [0.2, 0.25) is 0 Å². The quantitative estimate of drug-likeness (QED) is 0.166. The summed E-state index contributed by atoms with van der Waals surface area (Å²) < 4.78 is 14.1. The van der Waals surface area contributed by atoms with E-state index in [2.05, 4.69) is 34.2 Å². The van der Waals surface area contributed by atoms with Gasteiger partial charge in [0.2, 0.25) is 0 Å². The summed E-state index contributed by atoms with van der Waals surface area (Å²) >= 11 is 1.48. The van der Waals surface area contributed by atoms with E-state index in [1.165, 1.54) is 17.8 Å². The lowest BCUT2D eigenvalue weighted by molar-refractivity contribution is -0.114. The number of halogens is 1. The molecule has 2 heterocycles. The van der Waals surface area contributed by atoms with E-state index in [-0.39, 0.29) is 17.6 Å². The number of para-hydroxylation sites is 2. The monoisotopic (exact) mass is 620 g/mol. The highest BCUT2D eigenvalue weighted by atomic mass is 32.2. The predicted molar refractivity (Wildman–Crippen MR) is 181 cm³/mol. The molecular formula is C37H37FN4O2S. The SMILES string of the molecule is Cc1cccc(CN2C(=O)C(=Cc3ccc(C(=O)NCCCN4CCN(c5ccccc5F)CC4)cc3)Sc3ccccc32)c1. The standard InChI is InChI=1S/C37H37FN4O2S/c1-27-8-6-9-29(24-27)26-42-33-12-4-5-13-34(33)45-35(37(42)44)25-28-14-16-30(17-15-28)36(43)39-18-7-19-40-20-22-41(23-21-40)32-11-3-2-10-31(32)38/h2-6,8-17,24-25H,7,18-23,26H2,1H3,(H,39,43). The van der Waals surface area contributed by atoms with Crippen molar-refractivity contribution in [2.45, 2.75) is 24.8 Å². The fraction of sp³-hybridized carbons (Fsp3) is 0.243. The van der Waals surface area contributed by atoms with Crippen molar-refractivity contribution < 1.29 is 14.0 Å². The van der Waals surface area contributed by atoms with Crippen molar-refractivity contribution in [3.8, 4) is 0 Å². The molecule has 6 rings (SSSR count). The molecule has 8 heteroatoms. The molecule has 0 spiro atoms. The molecule has 0 atom stereocenters. The largest absolute Gasteiger partial charge is 0.367 e. The van der Waals surface area contributed by atoms with Crippen LogP contribution in [0.1, 0.15) is 33.5 Å². The van der Waals surface area contributed by atoms with Crippen LogP contribution in [0.5, 0.6) is 0 Å². The molecule has 1 N–H and O–H groups in total. The third kappa shape index (κ3) is 7.47. The number of carbonyl (C=O) groups excluding carboxylic acids is 2. The summed E-state index contributed by atoms with van der Waals surface area (Å²) in [5, 5.41) is 3.03. The van der Waals surface area contributed by atoms with Gasteiger partial charge in [0, 0.05) is 43.2 Å². The number of hydrogen-bond acceptors (Lipinski definition) is 5. The molecule has 2 aliphatic rings. The molecule has 230 valence electrons. The zero-order chi connectivity index (χ0) is 31.2. The lowest BCUT2D eigenvalue weighted by Crippen LogP contribution is -2.47. The summed E-state index contributed by atoms with van der Waals surface area (Å²) in [5.74, 6) is -0.318. The maximum atomic E-state index is 14.1. The number of fused-ring (bicyclic) bond motifs is 1. The van der Waals surface area contributed by atoms with Crippen molar-refractivity contribution >= 4 is 41.0 Å². The van der Waals surface area contributed by atoms with Crippen molar-refractivity contribution in [1.82, 2.24) is 10.2 Å². The molecule has 4 aromatic rings. The van der Waals surface area contributed by atoms with Gasteiger partial charge in [0.05, 0.1) is 22.8 Å². The number of piperazine rings is 1. The topological polar surface area (TPSA) is 55.9 Å². The molecule has 0 unspecified atom stereocenters. The number of amides is 2. The van der Waals surface area contributed by atoms with Gasteiger partial charge in [-0.05, 0) is 73.5 Å². The van der Waals surface area contributed by atoms with Crippen LogP contribution in [0, 0.1) is 12.7 Å². The van der Waals surface area contributed by atoms with Crippen molar-refractivity contribution in [3.63, 3.8) is 0 Å². The van der Waals surface area contributed by atoms with E-state index in [9.17, 15) is 14.0 Å². The molecule has 0 aromatic heterocycles. The highest BCUT2D eigenvalue weighted by molar-refractivity contribution is 8.04. The molecule has 0 radical (unpaired) electrons. The van der Waals surface area contributed by atoms with E-state index in [1.807, 2.05) is 71.6 Å². The number of aryl methyl sites for hydroxylation is 1. The summed E-state index contributed by atoms with van der Waals surface area (Å²) in [6.07, 6.45) is 2.75. The zero-order valence-corrected chi connectivity index (χ0v) is 26.2. The van der Waals surface area contributed by atoms with Crippen LogP contribution in [0.15, 0.2) is 107 Å². The molecule has 4 aromatic carbocycles. The number of nitrogens with zero attached hydrogens (tertiary/aromatic N) is 3. The molecule has 0 bridgehead atoms. The van der Waals surface area contributed by atoms with E-state index in [0.29, 0.717) is 29.2 Å². The van der Waals surface area contributed by atoms with E-state index >= 15 is 0 Å². The second kappa shape index (κ2) is 14.1.